The lowest BCUT2D eigenvalue weighted by atomic mass is 10.2. The third kappa shape index (κ3) is 5.70. The van der Waals surface area contributed by atoms with Crippen LogP contribution in [-0.2, 0) is 10.5 Å². The number of nitrogens with one attached hydrogen (secondary N) is 1. The Bertz CT molecular complexity index is 1100. The van der Waals surface area contributed by atoms with E-state index >= 15 is 0 Å². The van der Waals surface area contributed by atoms with Crippen LogP contribution >= 0.6 is 34.7 Å². The molecule has 12 heteroatoms. The van der Waals surface area contributed by atoms with Gasteiger partial charge in [-0.3, -0.25) is 9.59 Å². The number of nitriles is 2. The summed E-state index contributed by atoms with van der Waals surface area (Å²) in [5.41, 5.74) is 0.488. The van der Waals surface area contributed by atoms with E-state index < -0.39 is 43.3 Å². The van der Waals surface area contributed by atoms with E-state index in [4.69, 9.17) is 22.1 Å². The number of aromatic nitrogens is 1. The van der Waals surface area contributed by atoms with E-state index in [1.54, 1.807) is 24.3 Å². The first-order valence-electron chi connectivity index (χ1n) is 8.84. The molecule has 2 aromatic rings. The number of hydrogen-bond acceptors (Lipinski definition) is 7. The fourth-order valence-electron chi connectivity index (χ4n) is 2.85. The largest absolute Gasteiger partial charge is 0.342 e. The Labute approximate surface area is 189 Å². The van der Waals surface area contributed by atoms with E-state index in [2.05, 4.69) is 10.3 Å². The van der Waals surface area contributed by atoms with Gasteiger partial charge < -0.3 is 10.2 Å². The molecule has 160 valence electrons. The minimum absolute atomic E-state index is 0.106. The maximum Gasteiger partial charge on any atom is 0.271 e. The maximum absolute atomic E-state index is 13.4. The van der Waals surface area contributed by atoms with Crippen LogP contribution in [0.4, 0.5) is 8.78 Å². The first-order chi connectivity index (χ1) is 14.7. The van der Waals surface area contributed by atoms with Gasteiger partial charge in [-0.1, -0.05) is 11.6 Å². The van der Waals surface area contributed by atoms with E-state index in [1.165, 1.54) is 28.5 Å². The lowest BCUT2D eigenvalue weighted by Crippen LogP contribution is -2.43. The zero-order chi connectivity index (χ0) is 22.6. The van der Waals surface area contributed by atoms with E-state index in [1.807, 2.05) is 6.07 Å². The molecule has 31 heavy (non-hydrogen) atoms. The molecular weight excluding hydrogens is 468 g/mol. The molecule has 1 N–H and O–H groups in total. The highest BCUT2D eigenvalue weighted by atomic mass is 35.5. The summed E-state index contributed by atoms with van der Waals surface area (Å²) in [5, 5.41) is 22.8. The van der Waals surface area contributed by atoms with Gasteiger partial charge in [-0.2, -0.15) is 10.5 Å². The Balaban J connectivity index is 1.52. The van der Waals surface area contributed by atoms with Crippen molar-refractivity contribution in [2.24, 2.45) is 0 Å². The number of carbonyl (C=O) groups is 2. The van der Waals surface area contributed by atoms with Crippen LogP contribution in [-0.4, -0.2) is 46.8 Å². The van der Waals surface area contributed by atoms with Crippen molar-refractivity contribution in [1.29, 1.82) is 10.5 Å². The third-order valence-electron chi connectivity index (χ3n) is 4.35. The number of rotatable bonds is 6. The number of carbonyl (C=O) groups excluding carboxylic acids is 2. The second-order valence-electron chi connectivity index (χ2n) is 6.58. The second kappa shape index (κ2) is 9.60. The molecule has 0 unspecified atom stereocenters. The summed E-state index contributed by atoms with van der Waals surface area (Å²) in [6.07, 6.45) is -0.708. The van der Waals surface area contributed by atoms with Gasteiger partial charge in [-0.05, 0) is 18.2 Å². The number of thioether (sulfide) groups is 1. The molecule has 1 saturated heterocycles. The average molecular weight is 482 g/mol. The highest BCUT2D eigenvalue weighted by Crippen LogP contribution is 2.31. The molecule has 0 spiro atoms. The SMILES string of the molecule is N#Cc1ccc(SCc2nc(C(=O)NCC(=O)N3CC(F)(F)C[C@H]3C#N)cs2)cc1Cl. The lowest BCUT2D eigenvalue weighted by molar-refractivity contribution is -0.131. The number of halogens is 3. The number of benzene rings is 1. The van der Waals surface area contributed by atoms with Crippen molar-refractivity contribution in [3.63, 3.8) is 0 Å². The number of alkyl halides is 2. The summed E-state index contributed by atoms with van der Waals surface area (Å²) in [6, 6.07) is 7.52. The van der Waals surface area contributed by atoms with Crippen LogP contribution in [0.2, 0.25) is 5.02 Å². The molecule has 1 aliphatic rings. The Morgan fingerprint density at radius 3 is 2.87 bits per heavy atom. The third-order valence-corrected chi connectivity index (χ3v) is 6.70. The van der Waals surface area contributed by atoms with Gasteiger partial charge in [0.05, 0.1) is 35.5 Å². The number of thiazole rings is 1. The van der Waals surface area contributed by atoms with Crippen molar-refractivity contribution >= 4 is 46.5 Å². The molecule has 0 radical (unpaired) electrons. The van der Waals surface area contributed by atoms with E-state index in [0.29, 0.717) is 21.3 Å². The van der Waals surface area contributed by atoms with Gasteiger partial charge in [0.25, 0.3) is 11.8 Å². The normalized spacial score (nSPS) is 17.1. The number of likely N-dealkylation sites (tertiary alicyclic amines) is 1. The quantitative estimate of drug-likeness (QED) is 0.633. The van der Waals surface area contributed by atoms with Crippen molar-refractivity contribution in [3.8, 4) is 12.1 Å². The summed E-state index contributed by atoms with van der Waals surface area (Å²) in [5.74, 6) is -4.01. The Morgan fingerprint density at radius 1 is 1.42 bits per heavy atom. The summed E-state index contributed by atoms with van der Waals surface area (Å²) < 4.78 is 26.9. The van der Waals surface area contributed by atoms with Crippen molar-refractivity contribution < 1.29 is 18.4 Å². The summed E-state index contributed by atoms with van der Waals surface area (Å²) in [4.78, 5) is 30.2. The minimum atomic E-state index is -3.11. The van der Waals surface area contributed by atoms with Crippen molar-refractivity contribution in [2.45, 2.75) is 29.0 Å². The van der Waals surface area contributed by atoms with Crippen LogP contribution in [0.5, 0.6) is 0 Å². The van der Waals surface area contributed by atoms with Gasteiger partial charge in [0.15, 0.2) is 0 Å². The Hall–Kier alpha value is -2.73. The number of amides is 2. The summed E-state index contributed by atoms with van der Waals surface area (Å²) >= 11 is 8.69. The minimum Gasteiger partial charge on any atom is -0.342 e. The summed E-state index contributed by atoms with van der Waals surface area (Å²) in [7, 11) is 0. The maximum atomic E-state index is 13.4. The van der Waals surface area contributed by atoms with Gasteiger partial charge >= 0.3 is 0 Å². The standard InChI is InChI=1S/C19H14ClF2N5O2S2/c20-14-3-13(2-1-11(14)5-23)30-9-16-26-15(8-31-16)18(29)25-7-17(28)27-10-19(21,22)4-12(27)6-24/h1-3,8,12H,4,7,9-10H2,(H,25,29)/t12-/m0/s1. The number of nitrogens with zero attached hydrogens (tertiary/aromatic N) is 4. The van der Waals surface area contributed by atoms with E-state index in [9.17, 15) is 18.4 Å². The molecule has 0 saturated carbocycles. The van der Waals surface area contributed by atoms with Crippen LogP contribution in [0.15, 0.2) is 28.5 Å². The molecule has 1 aromatic heterocycles. The molecule has 1 fully saturated rings. The predicted octanol–water partition coefficient (Wildman–Crippen LogP) is 3.45. The monoisotopic (exact) mass is 481 g/mol. The van der Waals surface area contributed by atoms with Crippen molar-refractivity contribution in [1.82, 2.24) is 15.2 Å². The fourth-order valence-corrected chi connectivity index (χ4v) is 4.86. The van der Waals surface area contributed by atoms with Gasteiger partial charge in [0.1, 0.15) is 22.8 Å². The molecule has 2 heterocycles. The predicted molar refractivity (Wildman–Crippen MR) is 111 cm³/mol. The molecule has 1 atom stereocenters. The first kappa shape index (κ1) is 22.9. The van der Waals surface area contributed by atoms with Crippen LogP contribution in [0, 0.1) is 22.7 Å². The first-order valence-corrected chi connectivity index (χ1v) is 11.1. The molecule has 3 rings (SSSR count). The van der Waals surface area contributed by atoms with Crippen molar-refractivity contribution in [3.05, 3.63) is 44.9 Å². The fraction of sp³-hybridized carbons (Fsp3) is 0.316. The van der Waals surface area contributed by atoms with Gasteiger partial charge in [-0.15, -0.1) is 23.1 Å². The van der Waals surface area contributed by atoms with Crippen molar-refractivity contribution in [2.75, 3.05) is 13.1 Å². The van der Waals surface area contributed by atoms with E-state index in [-0.39, 0.29) is 5.69 Å². The van der Waals surface area contributed by atoms with Crippen LogP contribution < -0.4 is 5.32 Å². The van der Waals surface area contributed by atoms with Crippen LogP contribution in [0.25, 0.3) is 0 Å². The van der Waals surface area contributed by atoms with Gasteiger partial charge in [0.2, 0.25) is 5.91 Å². The Kier molecular flexibility index (Phi) is 7.11. The average Bonchev–Trinajstić information content (AvgIpc) is 3.34. The number of hydrogen-bond donors (Lipinski definition) is 1. The van der Waals surface area contributed by atoms with Crippen LogP contribution in [0.1, 0.15) is 27.5 Å². The Morgan fingerprint density at radius 2 is 2.19 bits per heavy atom. The highest BCUT2D eigenvalue weighted by Gasteiger charge is 2.47. The smallest absolute Gasteiger partial charge is 0.271 e. The summed E-state index contributed by atoms with van der Waals surface area (Å²) in [6.45, 7) is -1.34. The molecule has 0 bridgehead atoms. The van der Waals surface area contributed by atoms with Gasteiger partial charge in [0, 0.05) is 16.7 Å². The zero-order valence-corrected chi connectivity index (χ0v) is 18.2. The highest BCUT2D eigenvalue weighted by molar-refractivity contribution is 7.98. The molecule has 2 amide bonds. The molecule has 7 nitrogen and oxygen atoms in total. The van der Waals surface area contributed by atoms with Crippen LogP contribution in [0.3, 0.4) is 0 Å². The van der Waals surface area contributed by atoms with E-state index in [0.717, 1.165) is 9.80 Å². The zero-order valence-electron chi connectivity index (χ0n) is 15.8. The molecular formula is C19H14ClF2N5O2S2. The topological polar surface area (TPSA) is 110 Å². The second-order valence-corrected chi connectivity index (χ2v) is 8.98. The molecule has 1 aliphatic heterocycles. The lowest BCUT2D eigenvalue weighted by Gasteiger charge is -2.19. The van der Waals surface area contributed by atoms with Gasteiger partial charge in [-0.25, -0.2) is 13.8 Å². The molecule has 1 aromatic carbocycles. The molecule has 0 aliphatic carbocycles.